The van der Waals surface area contributed by atoms with Gasteiger partial charge in [-0.05, 0) is 43.5 Å². The van der Waals surface area contributed by atoms with E-state index in [1.807, 2.05) is 0 Å². The first kappa shape index (κ1) is 13.1. The van der Waals surface area contributed by atoms with Crippen LogP contribution in [0, 0.1) is 13.8 Å². The van der Waals surface area contributed by atoms with Crippen LogP contribution in [0.5, 0.6) is 0 Å². The van der Waals surface area contributed by atoms with Crippen LogP contribution in [-0.2, 0) is 6.42 Å². The maximum Gasteiger partial charge on any atom is 0.183 e. The molecule has 0 atom stereocenters. The van der Waals surface area contributed by atoms with Crippen LogP contribution in [0.1, 0.15) is 16.7 Å². The number of aromatic nitrogens is 1. The quantitative estimate of drug-likeness (QED) is 0.758. The van der Waals surface area contributed by atoms with Crippen LogP contribution in [0.3, 0.4) is 0 Å². The predicted molar refractivity (Wildman–Crippen MR) is 87.7 cm³/mol. The number of anilines is 1. The topological polar surface area (TPSA) is 24.9 Å². The molecule has 1 N–H and O–H groups in total. The molecule has 0 saturated heterocycles. The Bertz CT molecular complexity index is 713. The van der Waals surface area contributed by atoms with E-state index < -0.39 is 0 Å². The van der Waals surface area contributed by atoms with Crippen molar-refractivity contribution in [1.29, 1.82) is 0 Å². The highest BCUT2D eigenvalue weighted by Crippen LogP contribution is 2.26. The fourth-order valence-corrected chi connectivity index (χ4v) is 3.17. The molecule has 0 aliphatic carbocycles. The molecule has 0 fully saturated rings. The van der Waals surface area contributed by atoms with Crippen LogP contribution >= 0.6 is 11.3 Å². The minimum Gasteiger partial charge on any atom is -0.361 e. The monoisotopic (exact) mass is 282 g/mol. The smallest absolute Gasteiger partial charge is 0.183 e. The summed E-state index contributed by atoms with van der Waals surface area (Å²) in [6, 6.07) is 15.1. The Balaban J connectivity index is 1.63. The summed E-state index contributed by atoms with van der Waals surface area (Å²) in [7, 11) is 0. The van der Waals surface area contributed by atoms with Crippen molar-refractivity contribution in [3.63, 3.8) is 0 Å². The summed E-state index contributed by atoms with van der Waals surface area (Å²) in [6.45, 7) is 5.15. The van der Waals surface area contributed by atoms with E-state index in [-0.39, 0.29) is 0 Å². The summed E-state index contributed by atoms with van der Waals surface area (Å²) >= 11 is 1.73. The number of benzene rings is 2. The Morgan fingerprint density at radius 2 is 1.75 bits per heavy atom. The number of rotatable bonds is 4. The van der Waals surface area contributed by atoms with Gasteiger partial charge in [-0.3, -0.25) is 0 Å². The lowest BCUT2D eigenvalue weighted by Gasteiger charge is -2.03. The van der Waals surface area contributed by atoms with E-state index in [0.717, 1.165) is 23.6 Å². The summed E-state index contributed by atoms with van der Waals surface area (Å²) in [5, 5.41) is 4.44. The molecular weight excluding hydrogens is 264 g/mol. The average molecular weight is 282 g/mol. The second kappa shape index (κ2) is 5.63. The molecule has 3 rings (SSSR count). The zero-order valence-electron chi connectivity index (χ0n) is 11.8. The van der Waals surface area contributed by atoms with E-state index in [4.69, 9.17) is 0 Å². The van der Waals surface area contributed by atoms with Gasteiger partial charge in [0, 0.05) is 6.54 Å². The van der Waals surface area contributed by atoms with Gasteiger partial charge in [-0.15, -0.1) is 0 Å². The average Bonchev–Trinajstić information content (AvgIpc) is 2.83. The fraction of sp³-hybridized carbons (Fsp3) is 0.235. The lowest BCUT2D eigenvalue weighted by molar-refractivity contribution is 1.02. The summed E-state index contributed by atoms with van der Waals surface area (Å²) in [4.78, 5) is 4.61. The summed E-state index contributed by atoms with van der Waals surface area (Å²) in [6.07, 6.45) is 1.02. The van der Waals surface area contributed by atoms with E-state index in [0.29, 0.717) is 0 Å². The Labute approximate surface area is 123 Å². The third-order valence-corrected chi connectivity index (χ3v) is 4.33. The maximum absolute atomic E-state index is 4.61. The minimum atomic E-state index is 0.919. The fourth-order valence-electron chi connectivity index (χ4n) is 2.18. The van der Waals surface area contributed by atoms with Crippen molar-refractivity contribution in [1.82, 2.24) is 4.98 Å². The lowest BCUT2D eigenvalue weighted by atomic mass is 10.1. The first-order valence-electron chi connectivity index (χ1n) is 6.87. The molecule has 102 valence electrons. The lowest BCUT2D eigenvalue weighted by Crippen LogP contribution is -2.04. The summed E-state index contributed by atoms with van der Waals surface area (Å²) < 4.78 is 1.25. The molecule has 2 nitrogen and oxygen atoms in total. The van der Waals surface area contributed by atoms with Gasteiger partial charge in [0.05, 0.1) is 10.2 Å². The van der Waals surface area contributed by atoms with Crippen LogP contribution in [0.15, 0.2) is 42.5 Å². The van der Waals surface area contributed by atoms with Gasteiger partial charge in [0.2, 0.25) is 0 Å². The van der Waals surface area contributed by atoms with Crippen molar-refractivity contribution in [2.24, 2.45) is 0 Å². The molecule has 0 amide bonds. The number of nitrogens with one attached hydrogen (secondary N) is 1. The van der Waals surface area contributed by atoms with Crippen molar-refractivity contribution in [2.75, 3.05) is 11.9 Å². The second-order valence-electron chi connectivity index (χ2n) is 5.15. The van der Waals surface area contributed by atoms with E-state index in [2.05, 4.69) is 66.6 Å². The Hall–Kier alpha value is -1.87. The van der Waals surface area contributed by atoms with Crippen molar-refractivity contribution < 1.29 is 0 Å². The molecule has 0 aliphatic heterocycles. The van der Waals surface area contributed by atoms with E-state index >= 15 is 0 Å². The van der Waals surface area contributed by atoms with Gasteiger partial charge in [-0.25, -0.2) is 4.98 Å². The van der Waals surface area contributed by atoms with Gasteiger partial charge in [0.25, 0.3) is 0 Å². The number of aryl methyl sites for hydroxylation is 2. The molecule has 0 bridgehead atoms. The number of nitrogens with zero attached hydrogens (tertiary/aromatic N) is 1. The first-order valence-corrected chi connectivity index (χ1v) is 7.69. The van der Waals surface area contributed by atoms with E-state index in [1.165, 1.54) is 21.4 Å². The Kier molecular flexibility index (Phi) is 3.70. The third-order valence-electron chi connectivity index (χ3n) is 3.35. The molecule has 20 heavy (non-hydrogen) atoms. The van der Waals surface area contributed by atoms with Crippen molar-refractivity contribution in [3.8, 4) is 0 Å². The number of hydrogen-bond acceptors (Lipinski definition) is 3. The summed E-state index contributed by atoms with van der Waals surface area (Å²) in [5.41, 5.74) is 5.04. The molecule has 0 unspecified atom stereocenters. The van der Waals surface area contributed by atoms with Gasteiger partial charge in [0.15, 0.2) is 5.13 Å². The third kappa shape index (κ3) is 2.99. The number of fused-ring (bicyclic) bond motifs is 1. The van der Waals surface area contributed by atoms with Crippen molar-refractivity contribution >= 4 is 26.7 Å². The highest BCUT2D eigenvalue weighted by molar-refractivity contribution is 7.22. The molecule has 0 aliphatic rings. The molecule has 1 aromatic heterocycles. The molecule has 1 heterocycles. The molecule has 2 aromatic carbocycles. The highest BCUT2D eigenvalue weighted by atomic mass is 32.1. The largest absolute Gasteiger partial charge is 0.361 e. The molecule has 3 aromatic rings. The molecule has 0 radical (unpaired) electrons. The van der Waals surface area contributed by atoms with Gasteiger partial charge < -0.3 is 5.32 Å². The van der Waals surface area contributed by atoms with Crippen molar-refractivity contribution in [3.05, 3.63) is 59.2 Å². The SMILES string of the molecule is Cc1ccc(CCNc2nc3ccc(C)cc3s2)cc1. The van der Waals surface area contributed by atoms with Crippen LogP contribution in [0.25, 0.3) is 10.2 Å². The molecular formula is C17H18N2S. The first-order chi connectivity index (χ1) is 9.70. The number of hydrogen-bond donors (Lipinski definition) is 1. The van der Waals surface area contributed by atoms with E-state index in [1.54, 1.807) is 11.3 Å². The zero-order chi connectivity index (χ0) is 13.9. The Morgan fingerprint density at radius 1 is 1.00 bits per heavy atom. The molecule has 3 heteroatoms. The minimum absolute atomic E-state index is 0.919. The molecule has 0 saturated carbocycles. The van der Waals surface area contributed by atoms with Crippen LogP contribution < -0.4 is 5.32 Å². The Morgan fingerprint density at radius 3 is 2.55 bits per heavy atom. The second-order valence-corrected chi connectivity index (χ2v) is 6.18. The van der Waals surface area contributed by atoms with Crippen LogP contribution in [0.4, 0.5) is 5.13 Å². The standard InChI is InChI=1S/C17H18N2S/c1-12-3-6-14(7-4-12)9-10-18-17-19-15-8-5-13(2)11-16(15)20-17/h3-8,11H,9-10H2,1-2H3,(H,18,19). The van der Waals surface area contributed by atoms with Gasteiger partial charge in [-0.2, -0.15) is 0 Å². The number of thiazole rings is 1. The van der Waals surface area contributed by atoms with Crippen molar-refractivity contribution in [2.45, 2.75) is 20.3 Å². The highest BCUT2D eigenvalue weighted by Gasteiger charge is 2.03. The van der Waals surface area contributed by atoms with E-state index in [9.17, 15) is 0 Å². The molecule has 0 spiro atoms. The predicted octanol–water partition coefficient (Wildman–Crippen LogP) is 4.57. The van der Waals surface area contributed by atoms with Gasteiger partial charge >= 0.3 is 0 Å². The van der Waals surface area contributed by atoms with Crippen LogP contribution in [-0.4, -0.2) is 11.5 Å². The maximum atomic E-state index is 4.61. The normalized spacial score (nSPS) is 10.9. The van der Waals surface area contributed by atoms with Crippen LogP contribution in [0.2, 0.25) is 0 Å². The van der Waals surface area contributed by atoms with Gasteiger partial charge in [-0.1, -0.05) is 47.2 Å². The zero-order valence-corrected chi connectivity index (χ0v) is 12.6. The van der Waals surface area contributed by atoms with Gasteiger partial charge in [0.1, 0.15) is 0 Å². The summed E-state index contributed by atoms with van der Waals surface area (Å²) in [5.74, 6) is 0.